The molecule has 1 atom stereocenters. The van der Waals surface area contributed by atoms with Crippen LogP contribution in [0.15, 0.2) is 0 Å². The standard InChI is InChI=1S/C20H41NO3/c1-2-3-4-5-6-9-14-19(20(23)24)15-10-7-8-11-16-21-17-12-13-18-22/h19,21-22H,2-18H2,1H3,(H,23,24). The van der Waals surface area contributed by atoms with Crippen molar-refractivity contribution in [1.29, 1.82) is 0 Å². The third-order valence-corrected chi connectivity index (χ3v) is 4.67. The number of nitrogens with one attached hydrogen (secondary N) is 1. The molecule has 4 nitrogen and oxygen atoms in total. The first-order chi connectivity index (χ1) is 11.7. The minimum absolute atomic E-state index is 0.132. The van der Waals surface area contributed by atoms with E-state index in [9.17, 15) is 9.90 Å². The Morgan fingerprint density at radius 3 is 1.83 bits per heavy atom. The Morgan fingerprint density at radius 1 is 0.792 bits per heavy atom. The number of aliphatic hydroxyl groups excluding tert-OH is 1. The molecular weight excluding hydrogens is 302 g/mol. The summed E-state index contributed by atoms with van der Waals surface area (Å²) in [6, 6.07) is 0. The Labute approximate surface area is 149 Å². The summed E-state index contributed by atoms with van der Waals surface area (Å²) in [7, 11) is 0. The largest absolute Gasteiger partial charge is 0.481 e. The second kappa shape index (κ2) is 18.7. The van der Waals surface area contributed by atoms with Crippen LogP contribution >= 0.6 is 0 Å². The number of carbonyl (C=O) groups is 1. The topological polar surface area (TPSA) is 69.6 Å². The average Bonchev–Trinajstić information content (AvgIpc) is 2.57. The Morgan fingerprint density at radius 2 is 1.29 bits per heavy atom. The van der Waals surface area contributed by atoms with Crippen LogP contribution in [0.1, 0.15) is 96.8 Å². The van der Waals surface area contributed by atoms with Gasteiger partial charge < -0.3 is 15.5 Å². The van der Waals surface area contributed by atoms with E-state index in [4.69, 9.17) is 5.11 Å². The summed E-state index contributed by atoms with van der Waals surface area (Å²) in [6.07, 6.45) is 15.5. The van der Waals surface area contributed by atoms with E-state index >= 15 is 0 Å². The Balaban J connectivity index is 3.46. The van der Waals surface area contributed by atoms with Crippen LogP contribution in [-0.2, 0) is 4.79 Å². The van der Waals surface area contributed by atoms with Gasteiger partial charge in [-0.2, -0.15) is 0 Å². The number of carboxylic acid groups (broad SMARTS) is 1. The first-order valence-corrected chi connectivity index (χ1v) is 10.3. The maximum absolute atomic E-state index is 11.3. The van der Waals surface area contributed by atoms with Crippen molar-refractivity contribution in [2.24, 2.45) is 5.92 Å². The van der Waals surface area contributed by atoms with Gasteiger partial charge in [-0.05, 0) is 45.2 Å². The molecule has 0 aliphatic rings. The predicted octanol–water partition coefficient (Wildman–Crippen LogP) is 4.75. The fraction of sp³-hybridized carbons (Fsp3) is 0.950. The molecule has 0 fully saturated rings. The van der Waals surface area contributed by atoms with Gasteiger partial charge in [0, 0.05) is 6.61 Å². The molecule has 0 rings (SSSR count). The van der Waals surface area contributed by atoms with Gasteiger partial charge in [-0.3, -0.25) is 4.79 Å². The molecule has 0 saturated carbocycles. The van der Waals surface area contributed by atoms with E-state index in [1.54, 1.807) is 0 Å². The lowest BCUT2D eigenvalue weighted by Crippen LogP contribution is -2.17. The molecule has 4 heteroatoms. The molecule has 24 heavy (non-hydrogen) atoms. The maximum atomic E-state index is 11.3. The van der Waals surface area contributed by atoms with E-state index in [-0.39, 0.29) is 12.5 Å². The summed E-state index contributed by atoms with van der Waals surface area (Å²) in [4.78, 5) is 11.3. The van der Waals surface area contributed by atoms with E-state index in [0.29, 0.717) is 0 Å². The van der Waals surface area contributed by atoms with E-state index < -0.39 is 5.97 Å². The summed E-state index contributed by atoms with van der Waals surface area (Å²) in [6.45, 7) is 4.52. The lowest BCUT2D eigenvalue weighted by atomic mass is 9.94. The molecule has 0 saturated heterocycles. The number of hydrogen-bond acceptors (Lipinski definition) is 3. The molecule has 0 aliphatic carbocycles. The highest BCUT2D eigenvalue weighted by Gasteiger charge is 2.16. The van der Waals surface area contributed by atoms with Crippen molar-refractivity contribution < 1.29 is 15.0 Å². The molecule has 0 heterocycles. The minimum atomic E-state index is -0.603. The van der Waals surface area contributed by atoms with Crippen LogP contribution in [0.3, 0.4) is 0 Å². The molecule has 144 valence electrons. The summed E-state index contributed by atoms with van der Waals surface area (Å²) >= 11 is 0. The lowest BCUT2D eigenvalue weighted by molar-refractivity contribution is -0.142. The zero-order valence-corrected chi connectivity index (χ0v) is 15.9. The van der Waals surface area contributed by atoms with Crippen molar-refractivity contribution in [3.8, 4) is 0 Å². The van der Waals surface area contributed by atoms with Gasteiger partial charge in [-0.25, -0.2) is 0 Å². The van der Waals surface area contributed by atoms with Crippen LogP contribution in [0.5, 0.6) is 0 Å². The van der Waals surface area contributed by atoms with Crippen LogP contribution in [-0.4, -0.2) is 35.9 Å². The van der Waals surface area contributed by atoms with E-state index in [0.717, 1.165) is 64.5 Å². The molecule has 1 unspecified atom stereocenters. The normalized spacial score (nSPS) is 12.4. The van der Waals surface area contributed by atoms with Gasteiger partial charge in [0.25, 0.3) is 0 Å². The highest BCUT2D eigenvalue weighted by atomic mass is 16.4. The molecule has 0 aromatic rings. The van der Waals surface area contributed by atoms with Crippen molar-refractivity contribution >= 4 is 5.97 Å². The predicted molar refractivity (Wildman–Crippen MR) is 101 cm³/mol. The van der Waals surface area contributed by atoms with Crippen molar-refractivity contribution in [1.82, 2.24) is 5.32 Å². The quantitative estimate of drug-likeness (QED) is 0.296. The molecular formula is C20H41NO3. The highest BCUT2D eigenvalue weighted by molar-refractivity contribution is 5.69. The summed E-state index contributed by atoms with van der Waals surface area (Å²) < 4.78 is 0. The molecule has 0 amide bonds. The molecule has 0 spiro atoms. The van der Waals surface area contributed by atoms with E-state index in [1.807, 2.05) is 0 Å². The Bertz CT molecular complexity index is 272. The Kier molecular flexibility index (Phi) is 18.2. The molecule has 3 N–H and O–H groups in total. The first kappa shape index (κ1) is 23.4. The van der Waals surface area contributed by atoms with Crippen LogP contribution < -0.4 is 5.32 Å². The van der Waals surface area contributed by atoms with Crippen molar-refractivity contribution in [2.45, 2.75) is 96.8 Å². The number of aliphatic hydroxyl groups is 1. The van der Waals surface area contributed by atoms with Crippen molar-refractivity contribution in [3.05, 3.63) is 0 Å². The lowest BCUT2D eigenvalue weighted by Gasteiger charge is -2.12. The van der Waals surface area contributed by atoms with Gasteiger partial charge in [0.1, 0.15) is 0 Å². The third kappa shape index (κ3) is 16.3. The van der Waals surface area contributed by atoms with Crippen LogP contribution in [0.2, 0.25) is 0 Å². The number of aliphatic carboxylic acids is 1. The van der Waals surface area contributed by atoms with Crippen molar-refractivity contribution in [3.63, 3.8) is 0 Å². The minimum Gasteiger partial charge on any atom is -0.481 e. The fourth-order valence-corrected chi connectivity index (χ4v) is 3.04. The number of rotatable bonds is 19. The highest BCUT2D eigenvalue weighted by Crippen LogP contribution is 2.19. The van der Waals surface area contributed by atoms with E-state index in [1.165, 1.54) is 38.5 Å². The molecule has 0 aromatic carbocycles. The summed E-state index contributed by atoms with van der Waals surface area (Å²) in [5, 5.41) is 21.4. The van der Waals surface area contributed by atoms with Crippen molar-refractivity contribution in [2.75, 3.05) is 19.7 Å². The van der Waals surface area contributed by atoms with Gasteiger partial charge in [0.2, 0.25) is 0 Å². The zero-order valence-electron chi connectivity index (χ0n) is 15.9. The number of hydrogen-bond donors (Lipinski definition) is 3. The fourth-order valence-electron chi connectivity index (χ4n) is 3.04. The molecule has 0 aromatic heterocycles. The summed E-state index contributed by atoms with van der Waals surface area (Å²) in [5.41, 5.74) is 0. The van der Waals surface area contributed by atoms with Gasteiger partial charge >= 0.3 is 5.97 Å². The second-order valence-corrected chi connectivity index (χ2v) is 6.98. The van der Waals surface area contributed by atoms with Crippen LogP contribution in [0.4, 0.5) is 0 Å². The SMILES string of the molecule is CCCCCCCCC(CCCCCCNCCCCO)C(=O)O. The van der Waals surface area contributed by atoms with E-state index in [2.05, 4.69) is 12.2 Å². The second-order valence-electron chi connectivity index (χ2n) is 6.98. The number of unbranched alkanes of at least 4 members (excludes halogenated alkanes) is 9. The zero-order chi connectivity index (χ0) is 17.9. The van der Waals surface area contributed by atoms with Gasteiger partial charge in [0.15, 0.2) is 0 Å². The third-order valence-electron chi connectivity index (χ3n) is 4.67. The monoisotopic (exact) mass is 343 g/mol. The van der Waals surface area contributed by atoms with Crippen LogP contribution in [0.25, 0.3) is 0 Å². The first-order valence-electron chi connectivity index (χ1n) is 10.3. The molecule has 0 bridgehead atoms. The van der Waals surface area contributed by atoms with Gasteiger partial charge in [0.05, 0.1) is 5.92 Å². The summed E-state index contributed by atoms with van der Waals surface area (Å²) in [5.74, 6) is -0.734. The molecule has 0 aliphatic heterocycles. The maximum Gasteiger partial charge on any atom is 0.306 e. The van der Waals surface area contributed by atoms with Gasteiger partial charge in [-0.1, -0.05) is 64.7 Å². The van der Waals surface area contributed by atoms with Gasteiger partial charge in [-0.15, -0.1) is 0 Å². The Hall–Kier alpha value is -0.610. The van der Waals surface area contributed by atoms with Crippen LogP contribution in [0, 0.1) is 5.92 Å². The smallest absolute Gasteiger partial charge is 0.306 e. The average molecular weight is 344 g/mol. The number of carboxylic acids is 1. The molecule has 0 radical (unpaired) electrons.